The average Bonchev–Trinajstić information content (AvgIpc) is 2.88. The molecule has 0 aliphatic carbocycles. The van der Waals surface area contributed by atoms with E-state index in [1.165, 1.54) is 12.1 Å². The number of aromatic nitrogens is 2. The maximum absolute atomic E-state index is 11.0. The van der Waals surface area contributed by atoms with Gasteiger partial charge in [0.05, 0.1) is 23.6 Å². The number of nitrogens with zero attached hydrogens (tertiary/aromatic N) is 3. The Kier molecular flexibility index (Phi) is 4.70. The highest BCUT2D eigenvalue weighted by atomic mass is 16.6. The Hall–Kier alpha value is -2.64. The van der Waals surface area contributed by atoms with Crippen molar-refractivity contribution in [3.05, 3.63) is 39.8 Å². The van der Waals surface area contributed by atoms with Gasteiger partial charge in [0.1, 0.15) is 23.1 Å². The van der Waals surface area contributed by atoms with E-state index in [1.807, 2.05) is 6.92 Å². The summed E-state index contributed by atoms with van der Waals surface area (Å²) in [7, 11) is 0. The summed E-state index contributed by atoms with van der Waals surface area (Å²) in [5, 5.41) is 20.8. The van der Waals surface area contributed by atoms with Crippen molar-refractivity contribution < 1.29 is 9.45 Å². The molecule has 0 aromatic carbocycles. The van der Waals surface area contributed by atoms with Crippen molar-refractivity contribution in [1.29, 1.82) is 0 Å². The first-order valence-corrected chi connectivity index (χ1v) is 6.65. The first-order chi connectivity index (χ1) is 10.1. The number of pyridine rings is 1. The van der Waals surface area contributed by atoms with E-state index in [0.717, 1.165) is 6.42 Å². The van der Waals surface area contributed by atoms with Crippen LogP contribution < -0.4 is 10.6 Å². The topological polar surface area (TPSA) is 106 Å². The molecular formula is C13H17N5O3. The van der Waals surface area contributed by atoms with E-state index in [1.54, 1.807) is 13.0 Å². The van der Waals surface area contributed by atoms with Gasteiger partial charge in [0, 0.05) is 12.6 Å². The molecule has 112 valence electrons. The molecule has 2 aromatic rings. The van der Waals surface area contributed by atoms with Crippen molar-refractivity contribution >= 4 is 17.3 Å². The molecule has 0 saturated heterocycles. The maximum Gasteiger partial charge on any atom is 0.276 e. The van der Waals surface area contributed by atoms with E-state index < -0.39 is 4.92 Å². The first-order valence-electron chi connectivity index (χ1n) is 6.65. The normalized spacial score (nSPS) is 10.4. The van der Waals surface area contributed by atoms with E-state index in [2.05, 4.69) is 20.8 Å². The number of anilines is 2. The van der Waals surface area contributed by atoms with Crippen LogP contribution in [0.2, 0.25) is 0 Å². The summed E-state index contributed by atoms with van der Waals surface area (Å²) in [6.07, 6.45) is 0.908. The van der Waals surface area contributed by atoms with Gasteiger partial charge in [0.25, 0.3) is 5.69 Å². The van der Waals surface area contributed by atoms with Crippen molar-refractivity contribution in [3.8, 4) is 0 Å². The summed E-state index contributed by atoms with van der Waals surface area (Å²) in [5.41, 5.74) is 0.700. The Morgan fingerprint density at radius 1 is 1.29 bits per heavy atom. The van der Waals surface area contributed by atoms with Crippen molar-refractivity contribution in [3.63, 3.8) is 0 Å². The molecule has 0 fully saturated rings. The fourth-order valence-electron chi connectivity index (χ4n) is 1.74. The Labute approximate surface area is 121 Å². The summed E-state index contributed by atoms with van der Waals surface area (Å²) < 4.78 is 4.96. The molecule has 2 heterocycles. The molecule has 0 radical (unpaired) electrons. The largest absolute Gasteiger partial charge is 0.370 e. The minimum absolute atomic E-state index is 0.0116. The predicted molar refractivity (Wildman–Crippen MR) is 78.2 cm³/mol. The van der Waals surface area contributed by atoms with Crippen LogP contribution in [0.4, 0.5) is 17.3 Å². The molecule has 21 heavy (non-hydrogen) atoms. The van der Waals surface area contributed by atoms with Crippen LogP contribution in [0, 0.1) is 17.0 Å². The van der Waals surface area contributed by atoms with E-state index in [9.17, 15) is 10.1 Å². The Morgan fingerprint density at radius 2 is 2.00 bits per heavy atom. The van der Waals surface area contributed by atoms with Crippen molar-refractivity contribution in [1.82, 2.24) is 10.1 Å². The monoisotopic (exact) mass is 291 g/mol. The molecule has 2 aromatic heterocycles. The minimum atomic E-state index is -0.440. The molecule has 0 spiro atoms. The number of aryl methyl sites for hydroxylation is 1. The average molecular weight is 291 g/mol. The lowest BCUT2D eigenvalue weighted by Crippen LogP contribution is -2.07. The van der Waals surface area contributed by atoms with E-state index in [-0.39, 0.29) is 5.69 Å². The third-order valence-corrected chi connectivity index (χ3v) is 2.70. The first kappa shape index (κ1) is 14.8. The summed E-state index contributed by atoms with van der Waals surface area (Å²) >= 11 is 0. The zero-order valence-electron chi connectivity index (χ0n) is 11.9. The molecule has 8 nitrogen and oxygen atoms in total. The van der Waals surface area contributed by atoms with Gasteiger partial charge in [-0.1, -0.05) is 12.1 Å². The lowest BCUT2D eigenvalue weighted by Gasteiger charge is -2.08. The fraction of sp³-hybridized carbons (Fsp3) is 0.385. The number of rotatable bonds is 7. The smallest absolute Gasteiger partial charge is 0.276 e. The van der Waals surface area contributed by atoms with Crippen LogP contribution in [0.3, 0.4) is 0 Å². The van der Waals surface area contributed by atoms with Crippen molar-refractivity contribution in [2.45, 2.75) is 26.8 Å². The molecule has 0 unspecified atom stereocenters. The third kappa shape index (κ3) is 4.16. The highest BCUT2D eigenvalue weighted by Gasteiger charge is 2.11. The van der Waals surface area contributed by atoms with Gasteiger partial charge in [-0.2, -0.15) is 0 Å². The summed E-state index contributed by atoms with van der Waals surface area (Å²) in [4.78, 5) is 14.8. The van der Waals surface area contributed by atoms with Crippen LogP contribution in [0.25, 0.3) is 0 Å². The SMILES string of the molecule is CCCNc1cc([N+](=O)[O-])cc(NCc2cc(C)on2)n1. The number of nitro groups is 1. The predicted octanol–water partition coefficient (Wildman–Crippen LogP) is 2.72. The number of nitrogens with one attached hydrogen (secondary N) is 2. The van der Waals surface area contributed by atoms with Crippen molar-refractivity contribution in [2.75, 3.05) is 17.2 Å². The van der Waals surface area contributed by atoms with Gasteiger partial charge in [-0.15, -0.1) is 0 Å². The van der Waals surface area contributed by atoms with Gasteiger partial charge in [-0.25, -0.2) is 4.98 Å². The van der Waals surface area contributed by atoms with E-state index in [0.29, 0.717) is 36.2 Å². The van der Waals surface area contributed by atoms with E-state index >= 15 is 0 Å². The molecule has 0 aliphatic rings. The number of hydrogen-bond donors (Lipinski definition) is 2. The lowest BCUT2D eigenvalue weighted by atomic mass is 10.3. The van der Waals surface area contributed by atoms with E-state index in [4.69, 9.17) is 4.52 Å². The highest BCUT2D eigenvalue weighted by molar-refractivity contribution is 5.54. The standard InChI is InChI=1S/C13H17N5O3/c1-3-4-14-12-6-11(18(19)20)7-13(16-12)15-8-10-5-9(2)21-17-10/h5-7H,3-4,8H2,1-2H3,(H2,14,15,16). The molecule has 0 saturated carbocycles. The van der Waals surface area contributed by atoms with Crippen LogP contribution in [0.5, 0.6) is 0 Å². The molecule has 0 atom stereocenters. The molecule has 0 bridgehead atoms. The second kappa shape index (κ2) is 6.69. The van der Waals surface area contributed by atoms with Gasteiger partial charge in [-0.05, 0) is 13.3 Å². The Balaban J connectivity index is 2.12. The molecule has 0 aliphatic heterocycles. The highest BCUT2D eigenvalue weighted by Crippen LogP contribution is 2.21. The molecule has 8 heteroatoms. The van der Waals surface area contributed by atoms with Crippen LogP contribution in [-0.4, -0.2) is 21.6 Å². The fourth-order valence-corrected chi connectivity index (χ4v) is 1.74. The van der Waals surface area contributed by atoms with Gasteiger partial charge in [0.2, 0.25) is 0 Å². The quantitative estimate of drug-likeness (QED) is 0.596. The zero-order chi connectivity index (χ0) is 15.2. The molecular weight excluding hydrogens is 274 g/mol. The van der Waals surface area contributed by atoms with Crippen molar-refractivity contribution in [2.24, 2.45) is 0 Å². The molecule has 2 N–H and O–H groups in total. The van der Waals surface area contributed by atoms with Crippen LogP contribution in [0.1, 0.15) is 24.8 Å². The van der Waals surface area contributed by atoms with Gasteiger partial charge in [-0.3, -0.25) is 10.1 Å². The van der Waals surface area contributed by atoms with Gasteiger partial charge in [0.15, 0.2) is 0 Å². The number of hydrogen-bond acceptors (Lipinski definition) is 7. The van der Waals surface area contributed by atoms with Gasteiger partial charge < -0.3 is 15.2 Å². The molecule has 2 rings (SSSR count). The van der Waals surface area contributed by atoms with Crippen LogP contribution in [-0.2, 0) is 6.54 Å². The minimum Gasteiger partial charge on any atom is -0.370 e. The summed E-state index contributed by atoms with van der Waals surface area (Å²) in [6.45, 7) is 4.90. The van der Waals surface area contributed by atoms with Gasteiger partial charge >= 0.3 is 0 Å². The zero-order valence-corrected chi connectivity index (χ0v) is 11.9. The lowest BCUT2D eigenvalue weighted by molar-refractivity contribution is -0.384. The Bertz CT molecular complexity index is 626. The second-order valence-electron chi connectivity index (χ2n) is 4.56. The summed E-state index contributed by atoms with van der Waals surface area (Å²) in [5.74, 6) is 1.61. The third-order valence-electron chi connectivity index (χ3n) is 2.70. The maximum atomic E-state index is 11.0. The van der Waals surface area contributed by atoms with Crippen LogP contribution in [0.15, 0.2) is 22.7 Å². The Morgan fingerprint density at radius 3 is 2.57 bits per heavy atom. The second-order valence-corrected chi connectivity index (χ2v) is 4.56. The summed E-state index contributed by atoms with van der Waals surface area (Å²) in [6, 6.07) is 4.60. The van der Waals surface area contributed by atoms with Crippen LogP contribution >= 0.6 is 0 Å². The molecule has 0 amide bonds.